The molecule has 2 atom stereocenters. The van der Waals surface area contributed by atoms with Gasteiger partial charge in [-0.2, -0.15) is 4.98 Å². The van der Waals surface area contributed by atoms with Gasteiger partial charge in [0, 0.05) is 6.61 Å². The summed E-state index contributed by atoms with van der Waals surface area (Å²) in [6.45, 7) is 7.03. The molecule has 1 aromatic heterocycles. The molecule has 0 aliphatic carbocycles. The molecule has 5 heteroatoms. The second-order valence-electron chi connectivity index (χ2n) is 5.73. The zero-order valence-corrected chi connectivity index (χ0v) is 10.8. The Morgan fingerprint density at radius 1 is 1.47 bits per heavy atom. The van der Waals surface area contributed by atoms with Crippen LogP contribution < -0.4 is 5.73 Å². The van der Waals surface area contributed by atoms with Crippen LogP contribution in [0.2, 0.25) is 0 Å². The summed E-state index contributed by atoms with van der Waals surface area (Å²) in [5, 5.41) is 3.96. The van der Waals surface area contributed by atoms with E-state index in [0.29, 0.717) is 18.1 Å². The molecule has 0 amide bonds. The summed E-state index contributed by atoms with van der Waals surface area (Å²) in [6.07, 6.45) is 3.12. The van der Waals surface area contributed by atoms with Gasteiger partial charge in [0.15, 0.2) is 5.82 Å². The molecule has 2 rings (SSSR count). The maximum absolute atomic E-state index is 6.08. The summed E-state index contributed by atoms with van der Waals surface area (Å²) >= 11 is 0. The second kappa shape index (κ2) is 4.74. The maximum atomic E-state index is 6.08. The summed E-state index contributed by atoms with van der Waals surface area (Å²) < 4.78 is 10.8. The predicted octanol–water partition coefficient (Wildman–Crippen LogP) is 1.84. The van der Waals surface area contributed by atoms with Crippen LogP contribution in [0, 0.1) is 5.41 Å². The van der Waals surface area contributed by atoms with Crippen molar-refractivity contribution in [1.82, 2.24) is 10.1 Å². The van der Waals surface area contributed by atoms with Crippen LogP contribution in [0.15, 0.2) is 4.52 Å². The molecule has 1 saturated heterocycles. The lowest BCUT2D eigenvalue weighted by atomic mass is 9.87. The van der Waals surface area contributed by atoms with Crippen LogP contribution in [-0.4, -0.2) is 22.9 Å². The van der Waals surface area contributed by atoms with E-state index in [4.69, 9.17) is 15.0 Å². The fourth-order valence-electron chi connectivity index (χ4n) is 1.86. The molecule has 0 aromatic carbocycles. The van der Waals surface area contributed by atoms with Crippen molar-refractivity contribution in [3.8, 4) is 0 Å². The van der Waals surface area contributed by atoms with Crippen molar-refractivity contribution in [3.63, 3.8) is 0 Å². The highest BCUT2D eigenvalue weighted by atomic mass is 16.5. The van der Waals surface area contributed by atoms with Crippen molar-refractivity contribution >= 4 is 0 Å². The predicted molar refractivity (Wildman–Crippen MR) is 63.4 cm³/mol. The Balaban J connectivity index is 2.00. The first-order valence-electron chi connectivity index (χ1n) is 6.16. The standard InChI is InChI=1S/C12H21N3O2/c1-12(2,3)10(13)11-14-9(17-15-11)7-8-5-4-6-16-8/h8,10H,4-7,13H2,1-3H3. The van der Waals surface area contributed by atoms with Gasteiger partial charge in [0.1, 0.15) is 0 Å². The number of nitrogens with two attached hydrogens (primary N) is 1. The van der Waals surface area contributed by atoms with Crippen LogP contribution in [0.5, 0.6) is 0 Å². The van der Waals surface area contributed by atoms with Crippen LogP contribution in [-0.2, 0) is 11.2 Å². The minimum Gasteiger partial charge on any atom is -0.378 e. The zero-order chi connectivity index (χ0) is 12.5. The van der Waals surface area contributed by atoms with Crippen molar-refractivity contribution in [2.24, 2.45) is 11.1 Å². The number of nitrogens with zero attached hydrogens (tertiary/aromatic N) is 2. The average Bonchev–Trinajstić information content (AvgIpc) is 2.87. The molecule has 2 heterocycles. The van der Waals surface area contributed by atoms with Crippen molar-refractivity contribution in [2.75, 3.05) is 6.61 Å². The van der Waals surface area contributed by atoms with E-state index < -0.39 is 0 Å². The molecule has 1 aromatic rings. The van der Waals surface area contributed by atoms with E-state index in [1.54, 1.807) is 0 Å². The number of hydrogen-bond donors (Lipinski definition) is 1. The third-order valence-electron chi connectivity index (χ3n) is 3.12. The zero-order valence-electron chi connectivity index (χ0n) is 10.8. The second-order valence-corrected chi connectivity index (χ2v) is 5.73. The Morgan fingerprint density at radius 2 is 2.24 bits per heavy atom. The topological polar surface area (TPSA) is 74.2 Å². The third kappa shape index (κ3) is 3.04. The summed E-state index contributed by atoms with van der Waals surface area (Å²) in [4.78, 5) is 4.36. The average molecular weight is 239 g/mol. The number of rotatable bonds is 3. The fourth-order valence-corrected chi connectivity index (χ4v) is 1.86. The Kier molecular flexibility index (Phi) is 3.49. The largest absolute Gasteiger partial charge is 0.378 e. The van der Waals surface area contributed by atoms with E-state index >= 15 is 0 Å². The van der Waals surface area contributed by atoms with E-state index in [2.05, 4.69) is 30.9 Å². The first-order valence-corrected chi connectivity index (χ1v) is 6.16. The maximum Gasteiger partial charge on any atom is 0.229 e. The highest BCUT2D eigenvalue weighted by Crippen LogP contribution is 2.28. The Morgan fingerprint density at radius 3 is 2.82 bits per heavy atom. The highest BCUT2D eigenvalue weighted by molar-refractivity contribution is 4.98. The molecular weight excluding hydrogens is 218 g/mol. The van der Waals surface area contributed by atoms with Gasteiger partial charge in [-0.3, -0.25) is 0 Å². The molecule has 0 radical (unpaired) electrons. The van der Waals surface area contributed by atoms with Crippen LogP contribution in [0.4, 0.5) is 0 Å². The molecule has 0 saturated carbocycles. The van der Waals surface area contributed by atoms with Gasteiger partial charge in [0.05, 0.1) is 18.6 Å². The minimum atomic E-state index is -0.204. The van der Waals surface area contributed by atoms with Crippen molar-refractivity contribution in [3.05, 3.63) is 11.7 Å². The van der Waals surface area contributed by atoms with E-state index in [9.17, 15) is 0 Å². The van der Waals surface area contributed by atoms with Crippen molar-refractivity contribution in [2.45, 2.75) is 52.2 Å². The van der Waals surface area contributed by atoms with Gasteiger partial charge in [-0.25, -0.2) is 0 Å². The molecule has 96 valence electrons. The Bertz CT molecular complexity index is 364. The third-order valence-corrected chi connectivity index (χ3v) is 3.12. The molecule has 1 fully saturated rings. The van der Waals surface area contributed by atoms with E-state index in [0.717, 1.165) is 19.4 Å². The van der Waals surface area contributed by atoms with Crippen LogP contribution >= 0.6 is 0 Å². The smallest absolute Gasteiger partial charge is 0.229 e. The first-order chi connectivity index (χ1) is 7.97. The van der Waals surface area contributed by atoms with Crippen molar-refractivity contribution in [1.29, 1.82) is 0 Å². The summed E-state index contributed by atoms with van der Waals surface area (Å²) in [6, 6.07) is -0.204. The van der Waals surface area contributed by atoms with Crippen LogP contribution in [0.25, 0.3) is 0 Å². The lowest BCUT2D eigenvalue weighted by Gasteiger charge is -2.23. The SMILES string of the molecule is CC(C)(C)C(N)c1noc(CC2CCCO2)n1. The number of ether oxygens (including phenoxy) is 1. The van der Waals surface area contributed by atoms with Gasteiger partial charge in [0.25, 0.3) is 0 Å². The van der Waals surface area contributed by atoms with Gasteiger partial charge >= 0.3 is 0 Å². The molecule has 1 aliphatic heterocycles. The fraction of sp³-hybridized carbons (Fsp3) is 0.833. The minimum absolute atomic E-state index is 0.0645. The van der Waals surface area contributed by atoms with E-state index in [1.807, 2.05) is 0 Å². The monoisotopic (exact) mass is 239 g/mol. The molecule has 5 nitrogen and oxygen atoms in total. The quantitative estimate of drug-likeness (QED) is 0.871. The molecular formula is C12H21N3O2. The molecule has 0 bridgehead atoms. The van der Waals surface area contributed by atoms with Crippen LogP contribution in [0.3, 0.4) is 0 Å². The molecule has 1 aliphatic rings. The van der Waals surface area contributed by atoms with Gasteiger partial charge in [-0.15, -0.1) is 0 Å². The normalized spacial score (nSPS) is 22.9. The summed E-state index contributed by atoms with van der Waals surface area (Å²) in [7, 11) is 0. The van der Waals surface area contributed by atoms with Gasteiger partial charge in [-0.1, -0.05) is 25.9 Å². The van der Waals surface area contributed by atoms with E-state index in [1.165, 1.54) is 0 Å². The Hall–Kier alpha value is -0.940. The van der Waals surface area contributed by atoms with Crippen LogP contribution in [0.1, 0.15) is 51.4 Å². The lowest BCUT2D eigenvalue weighted by molar-refractivity contribution is 0.104. The van der Waals surface area contributed by atoms with Gasteiger partial charge in [0.2, 0.25) is 5.89 Å². The molecule has 17 heavy (non-hydrogen) atoms. The highest BCUT2D eigenvalue weighted by Gasteiger charge is 2.27. The molecule has 0 spiro atoms. The van der Waals surface area contributed by atoms with Gasteiger partial charge in [-0.05, 0) is 18.3 Å². The lowest BCUT2D eigenvalue weighted by Crippen LogP contribution is -2.27. The molecule has 2 N–H and O–H groups in total. The van der Waals surface area contributed by atoms with Crippen molar-refractivity contribution < 1.29 is 9.26 Å². The Labute approximate surface area is 102 Å². The molecule has 2 unspecified atom stereocenters. The summed E-state index contributed by atoms with van der Waals surface area (Å²) in [5.74, 6) is 1.22. The van der Waals surface area contributed by atoms with Gasteiger partial charge < -0.3 is 15.0 Å². The number of aromatic nitrogens is 2. The summed E-state index contributed by atoms with van der Waals surface area (Å²) in [5.41, 5.74) is 6.01. The number of hydrogen-bond acceptors (Lipinski definition) is 5. The first kappa shape index (κ1) is 12.5. The van der Waals surface area contributed by atoms with E-state index in [-0.39, 0.29) is 17.6 Å².